The van der Waals surface area contributed by atoms with E-state index in [2.05, 4.69) is 54.6 Å². The number of rotatable bonds is 4. The fourth-order valence-corrected chi connectivity index (χ4v) is 2.69. The minimum absolute atomic E-state index is 0.169. The van der Waals surface area contributed by atoms with Crippen molar-refractivity contribution in [1.29, 1.82) is 0 Å². The smallest absolute Gasteiger partial charge is 0.128 e. The van der Waals surface area contributed by atoms with Crippen molar-refractivity contribution in [2.75, 3.05) is 44.2 Å². The van der Waals surface area contributed by atoms with Gasteiger partial charge >= 0.3 is 0 Å². The Labute approximate surface area is 129 Å². The van der Waals surface area contributed by atoms with Gasteiger partial charge in [-0.3, -0.25) is 4.90 Å². The molecule has 0 radical (unpaired) electrons. The van der Waals surface area contributed by atoms with Crippen molar-refractivity contribution < 1.29 is 0 Å². The van der Waals surface area contributed by atoms with Crippen molar-refractivity contribution in [3.63, 3.8) is 0 Å². The average molecular weight is 290 g/mol. The zero-order valence-corrected chi connectivity index (χ0v) is 14.0. The number of hydrogen-bond donors (Lipinski definition) is 1. The zero-order valence-electron chi connectivity index (χ0n) is 14.0. The molecule has 0 amide bonds. The van der Waals surface area contributed by atoms with Gasteiger partial charge in [0.15, 0.2) is 0 Å². The van der Waals surface area contributed by atoms with E-state index in [0.29, 0.717) is 5.92 Å². The molecular formula is C17H30N4. The van der Waals surface area contributed by atoms with E-state index in [4.69, 9.17) is 5.73 Å². The van der Waals surface area contributed by atoms with E-state index in [1.54, 1.807) is 0 Å². The van der Waals surface area contributed by atoms with E-state index >= 15 is 0 Å². The maximum absolute atomic E-state index is 5.71. The minimum Gasteiger partial charge on any atom is -0.354 e. The second-order valence-corrected chi connectivity index (χ2v) is 7.28. The SMILES string of the molecule is CC(CN)CN1CCN(c2ccc(C(C)(C)C)cn2)CC1. The predicted molar refractivity (Wildman–Crippen MR) is 89.8 cm³/mol. The highest BCUT2D eigenvalue weighted by Crippen LogP contribution is 2.23. The Morgan fingerprint density at radius 3 is 2.33 bits per heavy atom. The summed E-state index contributed by atoms with van der Waals surface area (Å²) in [5.41, 5.74) is 7.17. The third-order valence-electron chi connectivity index (χ3n) is 4.28. The molecule has 4 heteroatoms. The Morgan fingerprint density at radius 1 is 1.19 bits per heavy atom. The lowest BCUT2D eigenvalue weighted by molar-refractivity contribution is 0.227. The van der Waals surface area contributed by atoms with E-state index in [0.717, 1.165) is 45.1 Å². The molecule has 21 heavy (non-hydrogen) atoms. The lowest BCUT2D eigenvalue weighted by Gasteiger charge is -2.36. The number of anilines is 1. The van der Waals surface area contributed by atoms with Crippen LogP contribution in [0.15, 0.2) is 18.3 Å². The molecule has 0 saturated carbocycles. The molecule has 2 rings (SSSR count). The summed E-state index contributed by atoms with van der Waals surface area (Å²) in [6.45, 7) is 15.1. The van der Waals surface area contributed by atoms with Crippen LogP contribution >= 0.6 is 0 Å². The van der Waals surface area contributed by atoms with Crippen LogP contribution in [-0.4, -0.2) is 49.2 Å². The quantitative estimate of drug-likeness (QED) is 0.922. The molecule has 2 N–H and O–H groups in total. The standard InChI is InChI=1S/C17H30N4/c1-14(11-18)13-20-7-9-21(10-8-20)16-6-5-15(12-19-16)17(2,3)4/h5-6,12,14H,7-11,13,18H2,1-4H3. The van der Waals surface area contributed by atoms with Gasteiger partial charge in [0.2, 0.25) is 0 Å². The first-order valence-electron chi connectivity index (χ1n) is 8.04. The topological polar surface area (TPSA) is 45.4 Å². The molecule has 1 aromatic heterocycles. The van der Waals surface area contributed by atoms with E-state index < -0.39 is 0 Å². The summed E-state index contributed by atoms with van der Waals surface area (Å²) in [5, 5.41) is 0. The number of pyridine rings is 1. The summed E-state index contributed by atoms with van der Waals surface area (Å²) < 4.78 is 0. The van der Waals surface area contributed by atoms with Gasteiger partial charge in [-0.25, -0.2) is 4.98 Å². The van der Waals surface area contributed by atoms with Crippen LogP contribution in [0.5, 0.6) is 0 Å². The van der Waals surface area contributed by atoms with E-state index in [1.165, 1.54) is 5.56 Å². The van der Waals surface area contributed by atoms with Crippen LogP contribution in [0.4, 0.5) is 5.82 Å². The lowest BCUT2D eigenvalue weighted by Crippen LogP contribution is -2.48. The van der Waals surface area contributed by atoms with Crippen molar-refractivity contribution >= 4 is 5.82 Å². The Hall–Kier alpha value is -1.13. The normalized spacial score (nSPS) is 18.8. The molecule has 118 valence electrons. The molecule has 0 aromatic carbocycles. The summed E-state index contributed by atoms with van der Waals surface area (Å²) in [6.07, 6.45) is 2.03. The summed E-state index contributed by atoms with van der Waals surface area (Å²) in [7, 11) is 0. The van der Waals surface area contributed by atoms with E-state index in [1.807, 2.05) is 6.20 Å². The van der Waals surface area contributed by atoms with Crippen molar-refractivity contribution in [2.45, 2.75) is 33.1 Å². The molecule has 0 bridgehead atoms. The average Bonchev–Trinajstić information content (AvgIpc) is 2.47. The van der Waals surface area contributed by atoms with Crippen LogP contribution in [0.2, 0.25) is 0 Å². The molecule has 0 aliphatic carbocycles. The summed E-state index contributed by atoms with van der Waals surface area (Å²) in [5.74, 6) is 1.69. The first kappa shape index (κ1) is 16.2. The van der Waals surface area contributed by atoms with E-state index in [9.17, 15) is 0 Å². The van der Waals surface area contributed by atoms with Gasteiger partial charge in [-0.2, -0.15) is 0 Å². The third kappa shape index (κ3) is 4.42. The second kappa shape index (κ2) is 6.75. The molecule has 1 aromatic rings. The van der Waals surface area contributed by atoms with Crippen LogP contribution in [0.3, 0.4) is 0 Å². The van der Waals surface area contributed by atoms with Gasteiger partial charge in [0.05, 0.1) is 0 Å². The molecule has 1 unspecified atom stereocenters. The molecule has 1 aliphatic heterocycles. The highest BCUT2D eigenvalue weighted by molar-refractivity contribution is 5.41. The van der Waals surface area contributed by atoms with E-state index in [-0.39, 0.29) is 5.41 Å². The molecular weight excluding hydrogens is 260 g/mol. The maximum atomic E-state index is 5.71. The Morgan fingerprint density at radius 2 is 1.86 bits per heavy atom. The largest absolute Gasteiger partial charge is 0.354 e. The van der Waals surface area contributed by atoms with Crippen LogP contribution in [0.25, 0.3) is 0 Å². The minimum atomic E-state index is 0.169. The molecule has 0 spiro atoms. The fraction of sp³-hybridized carbons (Fsp3) is 0.706. The highest BCUT2D eigenvalue weighted by Gasteiger charge is 2.20. The van der Waals surface area contributed by atoms with Gasteiger partial charge in [-0.1, -0.05) is 33.8 Å². The number of piperazine rings is 1. The molecule has 1 saturated heterocycles. The van der Waals surface area contributed by atoms with Gasteiger partial charge in [0.1, 0.15) is 5.82 Å². The van der Waals surface area contributed by atoms with Crippen LogP contribution < -0.4 is 10.6 Å². The monoisotopic (exact) mass is 290 g/mol. The first-order chi connectivity index (χ1) is 9.90. The van der Waals surface area contributed by atoms with Gasteiger partial charge in [0.25, 0.3) is 0 Å². The van der Waals surface area contributed by atoms with Crippen molar-refractivity contribution in [3.8, 4) is 0 Å². The fourth-order valence-electron chi connectivity index (χ4n) is 2.69. The number of aromatic nitrogens is 1. The Bertz CT molecular complexity index is 427. The predicted octanol–water partition coefficient (Wildman–Crippen LogP) is 2.10. The molecule has 1 aliphatic rings. The highest BCUT2D eigenvalue weighted by atomic mass is 15.3. The van der Waals surface area contributed by atoms with Crippen molar-refractivity contribution in [1.82, 2.24) is 9.88 Å². The molecule has 2 heterocycles. The number of nitrogens with two attached hydrogens (primary N) is 1. The first-order valence-corrected chi connectivity index (χ1v) is 8.04. The molecule has 4 nitrogen and oxygen atoms in total. The molecule has 1 atom stereocenters. The van der Waals surface area contributed by atoms with Crippen LogP contribution in [-0.2, 0) is 5.41 Å². The van der Waals surface area contributed by atoms with Gasteiger partial charge in [-0.15, -0.1) is 0 Å². The zero-order chi connectivity index (χ0) is 15.5. The second-order valence-electron chi connectivity index (χ2n) is 7.28. The van der Waals surface area contributed by atoms with Crippen LogP contribution in [0, 0.1) is 5.92 Å². The summed E-state index contributed by atoms with van der Waals surface area (Å²) >= 11 is 0. The Kier molecular flexibility index (Phi) is 5.22. The lowest BCUT2D eigenvalue weighted by atomic mass is 9.88. The Balaban J connectivity index is 1.90. The van der Waals surface area contributed by atoms with Gasteiger partial charge in [-0.05, 0) is 29.5 Å². The maximum Gasteiger partial charge on any atom is 0.128 e. The van der Waals surface area contributed by atoms with Gasteiger partial charge in [0, 0.05) is 38.9 Å². The third-order valence-corrected chi connectivity index (χ3v) is 4.28. The number of hydrogen-bond acceptors (Lipinski definition) is 4. The number of nitrogens with zero attached hydrogens (tertiary/aromatic N) is 3. The van der Waals surface area contributed by atoms with Crippen LogP contribution in [0.1, 0.15) is 33.3 Å². The van der Waals surface area contributed by atoms with Crippen molar-refractivity contribution in [3.05, 3.63) is 23.9 Å². The summed E-state index contributed by atoms with van der Waals surface area (Å²) in [4.78, 5) is 9.55. The van der Waals surface area contributed by atoms with Gasteiger partial charge < -0.3 is 10.6 Å². The summed E-state index contributed by atoms with van der Waals surface area (Å²) in [6, 6.07) is 4.38. The molecule has 1 fully saturated rings. The van der Waals surface area contributed by atoms with Crippen molar-refractivity contribution in [2.24, 2.45) is 11.7 Å².